The normalized spacial score (nSPS) is 24.3. The van der Waals surface area contributed by atoms with Crippen molar-refractivity contribution >= 4 is 17.5 Å². The number of nitriles is 1. The number of carbonyl (C=O) groups excluding carboxylic acids is 2. The summed E-state index contributed by atoms with van der Waals surface area (Å²) in [6, 6.07) is 5.59. The fourth-order valence-corrected chi connectivity index (χ4v) is 5.03. The largest absolute Gasteiger partial charge is 0.417 e. The number of benzene rings is 1. The van der Waals surface area contributed by atoms with Gasteiger partial charge in [0.25, 0.3) is 0 Å². The van der Waals surface area contributed by atoms with Crippen molar-refractivity contribution in [2.45, 2.75) is 44.8 Å². The molecule has 32 heavy (non-hydrogen) atoms. The van der Waals surface area contributed by atoms with E-state index < -0.39 is 17.3 Å². The molecule has 1 aliphatic carbocycles. The highest BCUT2D eigenvalue weighted by Crippen LogP contribution is 2.40. The molecular weight excluding hydrogens is 421 g/mol. The van der Waals surface area contributed by atoms with Crippen molar-refractivity contribution in [3.63, 3.8) is 0 Å². The molecule has 0 aromatic heterocycles. The molecule has 3 fully saturated rings. The van der Waals surface area contributed by atoms with Crippen LogP contribution in [-0.4, -0.2) is 48.9 Å². The lowest BCUT2D eigenvalue weighted by molar-refractivity contribution is -0.137. The summed E-state index contributed by atoms with van der Waals surface area (Å²) in [6.45, 7) is 3.66. The smallest absolute Gasteiger partial charge is 0.370 e. The minimum atomic E-state index is -4.62. The van der Waals surface area contributed by atoms with E-state index in [0.717, 1.165) is 31.7 Å². The Kier molecular flexibility index (Phi) is 6.06. The van der Waals surface area contributed by atoms with Gasteiger partial charge in [-0.25, -0.2) is 0 Å². The SMILES string of the molecule is CC(=O)N1CCC([C@@H]2CN(c3ccc(C#N)c(C(F)(F)F)c3)C[C@H]2C(=O)NC2CC2)CC1. The maximum Gasteiger partial charge on any atom is 0.417 e. The lowest BCUT2D eigenvalue weighted by Crippen LogP contribution is -2.43. The summed E-state index contributed by atoms with van der Waals surface area (Å²) in [5, 5.41) is 12.1. The number of piperidine rings is 1. The van der Waals surface area contributed by atoms with Gasteiger partial charge < -0.3 is 15.1 Å². The molecule has 0 spiro atoms. The Labute approximate surface area is 185 Å². The van der Waals surface area contributed by atoms with Gasteiger partial charge in [0.2, 0.25) is 11.8 Å². The maximum absolute atomic E-state index is 13.5. The Balaban J connectivity index is 1.56. The second kappa shape index (κ2) is 8.64. The van der Waals surface area contributed by atoms with Gasteiger partial charge in [0.15, 0.2) is 0 Å². The number of carbonyl (C=O) groups is 2. The third-order valence-corrected chi connectivity index (χ3v) is 7.01. The summed E-state index contributed by atoms with van der Waals surface area (Å²) in [6.07, 6.45) is -1.12. The third-order valence-electron chi connectivity index (χ3n) is 7.01. The van der Waals surface area contributed by atoms with Crippen LogP contribution in [0.25, 0.3) is 0 Å². The molecule has 2 amide bonds. The second-order valence-electron chi connectivity index (χ2n) is 9.14. The summed E-state index contributed by atoms with van der Waals surface area (Å²) in [7, 11) is 0. The number of hydrogen-bond acceptors (Lipinski definition) is 4. The molecular formula is C23H27F3N4O2. The van der Waals surface area contributed by atoms with E-state index in [1.807, 2.05) is 4.90 Å². The van der Waals surface area contributed by atoms with Gasteiger partial charge in [-0.1, -0.05) is 0 Å². The lowest BCUT2D eigenvalue weighted by atomic mass is 9.78. The zero-order valence-corrected chi connectivity index (χ0v) is 18.0. The van der Waals surface area contributed by atoms with Gasteiger partial charge in [0, 0.05) is 44.8 Å². The number of nitrogens with zero attached hydrogens (tertiary/aromatic N) is 3. The standard InChI is InChI=1S/C23H27F3N4O2/c1-14(31)29-8-6-15(7-9-29)19-12-30(13-20(19)22(32)28-17-3-4-17)18-5-2-16(11-27)21(10-18)23(24,25)26/h2,5,10,15,17,19-20H,3-4,6-9,12-13H2,1H3,(H,28,32)/t19-,20+/m0/s1. The molecule has 4 rings (SSSR count). The van der Waals surface area contributed by atoms with Crippen LogP contribution in [0.5, 0.6) is 0 Å². The molecule has 1 N–H and O–H groups in total. The van der Waals surface area contributed by atoms with Gasteiger partial charge in [-0.15, -0.1) is 0 Å². The first kappa shape index (κ1) is 22.4. The summed E-state index contributed by atoms with van der Waals surface area (Å²) in [5.41, 5.74) is -0.976. The quantitative estimate of drug-likeness (QED) is 0.768. The summed E-state index contributed by atoms with van der Waals surface area (Å²) in [4.78, 5) is 28.3. The minimum absolute atomic E-state index is 0.00726. The Morgan fingerprint density at radius 2 is 1.81 bits per heavy atom. The first-order chi connectivity index (χ1) is 15.2. The molecule has 0 unspecified atom stereocenters. The van der Waals surface area contributed by atoms with Crippen molar-refractivity contribution < 1.29 is 22.8 Å². The summed E-state index contributed by atoms with van der Waals surface area (Å²) >= 11 is 0. The van der Waals surface area contributed by atoms with E-state index in [2.05, 4.69) is 5.32 Å². The monoisotopic (exact) mass is 448 g/mol. The molecule has 2 saturated heterocycles. The molecule has 0 radical (unpaired) electrons. The topological polar surface area (TPSA) is 76.4 Å². The van der Waals surface area contributed by atoms with Crippen LogP contribution in [0.3, 0.4) is 0 Å². The molecule has 9 heteroatoms. The molecule has 1 saturated carbocycles. The molecule has 2 heterocycles. The van der Waals surface area contributed by atoms with Crippen molar-refractivity contribution in [1.82, 2.24) is 10.2 Å². The predicted molar refractivity (Wildman–Crippen MR) is 111 cm³/mol. The Hall–Kier alpha value is -2.76. The van der Waals surface area contributed by atoms with E-state index in [1.165, 1.54) is 12.1 Å². The number of halogens is 3. The second-order valence-corrected chi connectivity index (χ2v) is 9.14. The number of hydrogen-bond donors (Lipinski definition) is 1. The molecule has 1 aromatic carbocycles. The van der Waals surface area contributed by atoms with Crippen LogP contribution in [0.4, 0.5) is 18.9 Å². The van der Waals surface area contributed by atoms with Crippen molar-refractivity contribution in [3.8, 4) is 6.07 Å². The lowest BCUT2D eigenvalue weighted by Gasteiger charge is -2.35. The van der Waals surface area contributed by atoms with Crippen molar-refractivity contribution in [1.29, 1.82) is 5.26 Å². The molecule has 3 aliphatic rings. The Morgan fingerprint density at radius 3 is 2.38 bits per heavy atom. The first-order valence-corrected chi connectivity index (χ1v) is 11.1. The predicted octanol–water partition coefficient (Wildman–Crippen LogP) is 3.17. The van der Waals surface area contributed by atoms with Crippen LogP contribution >= 0.6 is 0 Å². The van der Waals surface area contributed by atoms with Crippen LogP contribution in [0.2, 0.25) is 0 Å². The first-order valence-electron chi connectivity index (χ1n) is 11.1. The van der Waals surface area contributed by atoms with Crippen molar-refractivity contribution in [2.24, 2.45) is 17.8 Å². The van der Waals surface area contributed by atoms with Gasteiger partial charge in [-0.05, 0) is 55.7 Å². The van der Waals surface area contributed by atoms with E-state index >= 15 is 0 Å². The van der Waals surface area contributed by atoms with Gasteiger partial charge >= 0.3 is 6.18 Å². The van der Waals surface area contributed by atoms with Crippen molar-refractivity contribution in [3.05, 3.63) is 29.3 Å². The zero-order chi connectivity index (χ0) is 23.0. The van der Waals surface area contributed by atoms with Gasteiger partial charge in [0.1, 0.15) is 0 Å². The van der Waals surface area contributed by atoms with E-state index in [1.54, 1.807) is 17.9 Å². The van der Waals surface area contributed by atoms with E-state index in [0.29, 0.717) is 31.9 Å². The molecule has 1 aromatic rings. The fourth-order valence-electron chi connectivity index (χ4n) is 5.03. The summed E-state index contributed by atoms with van der Waals surface area (Å²) in [5.74, 6) is -0.0659. The maximum atomic E-state index is 13.5. The average Bonchev–Trinajstić information content (AvgIpc) is 3.46. The van der Waals surface area contributed by atoms with Gasteiger partial charge in [0.05, 0.1) is 23.1 Å². The van der Waals surface area contributed by atoms with Crippen LogP contribution in [-0.2, 0) is 15.8 Å². The molecule has 0 bridgehead atoms. The minimum Gasteiger partial charge on any atom is -0.370 e. The average molecular weight is 448 g/mol. The van der Waals surface area contributed by atoms with Crippen LogP contribution in [0, 0.1) is 29.1 Å². The van der Waals surface area contributed by atoms with E-state index in [9.17, 15) is 22.8 Å². The van der Waals surface area contributed by atoms with Crippen LogP contribution in [0.15, 0.2) is 18.2 Å². The van der Waals surface area contributed by atoms with Gasteiger partial charge in [-0.3, -0.25) is 9.59 Å². The third kappa shape index (κ3) is 4.69. The number of anilines is 1. The Morgan fingerprint density at radius 1 is 1.12 bits per heavy atom. The highest BCUT2D eigenvalue weighted by Gasteiger charge is 2.44. The summed E-state index contributed by atoms with van der Waals surface area (Å²) < 4.78 is 40.4. The number of amides is 2. The number of nitrogens with one attached hydrogen (secondary N) is 1. The Bertz CT molecular complexity index is 930. The van der Waals surface area contributed by atoms with E-state index in [4.69, 9.17) is 5.26 Å². The van der Waals surface area contributed by atoms with Crippen LogP contribution < -0.4 is 10.2 Å². The fraction of sp³-hybridized carbons (Fsp3) is 0.609. The molecule has 2 atom stereocenters. The van der Waals surface area contributed by atoms with E-state index in [-0.39, 0.29) is 35.6 Å². The molecule has 6 nitrogen and oxygen atoms in total. The highest BCUT2D eigenvalue weighted by molar-refractivity contribution is 5.81. The molecule has 172 valence electrons. The van der Waals surface area contributed by atoms with Gasteiger partial charge in [-0.2, -0.15) is 18.4 Å². The zero-order valence-electron chi connectivity index (χ0n) is 18.0. The number of likely N-dealkylation sites (tertiary alicyclic amines) is 1. The number of alkyl halides is 3. The molecule has 2 aliphatic heterocycles. The van der Waals surface area contributed by atoms with Crippen molar-refractivity contribution in [2.75, 3.05) is 31.1 Å². The van der Waals surface area contributed by atoms with Crippen LogP contribution in [0.1, 0.15) is 43.7 Å². The number of rotatable bonds is 4. The highest BCUT2D eigenvalue weighted by atomic mass is 19.4.